The summed E-state index contributed by atoms with van der Waals surface area (Å²) in [5.41, 5.74) is 5.99. The Morgan fingerprint density at radius 1 is 1.37 bits per heavy atom. The number of carbonyl (C=O) groups excluding carboxylic acids is 2. The fraction of sp³-hybridized carbons (Fsp3) is 0.857. The van der Waals surface area contributed by atoms with Crippen molar-refractivity contribution in [2.24, 2.45) is 17.6 Å². The van der Waals surface area contributed by atoms with Crippen molar-refractivity contribution < 1.29 is 9.59 Å². The van der Waals surface area contributed by atoms with Crippen LogP contribution in [0, 0.1) is 11.8 Å². The van der Waals surface area contributed by atoms with E-state index in [1.54, 1.807) is 11.9 Å². The molecule has 1 aliphatic rings. The molecule has 3 unspecified atom stereocenters. The second-order valence-electron chi connectivity index (χ2n) is 5.58. The fourth-order valence-electron chi connectivity index (χ4n) is 2.69. The van der Waals surface area contributed by atoms with Crippen LogP contribution in [0.5, 0.6) is 0 Å². The number of rotatable bonds is 5. The first kappa shape index (κ1) is 16.0. The maximum atomic E-state index is 12.5. The number of nitrogens with one attached hydrogen (secondary N) is 1. The summed E-state index contributed by atoms with van der Waals surface area (Å²) >= 11 is 0. The Morgan fingerprint density at radius 3 is 2.58 bits per heavy atom. The molecule has 1 saturated carbocycles. The predicted molar refractivity (Wildman–Crippen MR) is 75.4 cm³/mol. The summed E-state index contributed by atoms with van der Waals surface area (Å²) in [6, 6.07) is 0.211. The van der Waals surface area contributed by atoms with Crippen LogP contribution in [0.1, 0.15) is 39.5 Å². The van der Waals surface area contributed by atoms with Crippen LogP contribution in [-0.4, -0.2) is 42.9 Å². The minimum Gasteiger partial charge on any atom is -0.358 e. The molecule has 0 aromatic rings. The van der Waals surface area contributed by atoms with Gasteiger partial charge < -0.3 is 16.0 Å². The molecule has 0 radical (unpaired) electrons. The van der Waals surface area contributed by atoms with E-state index in [2.05, 4.69) is 12.2 Å². The van der Waals surface area contributed by atoms with Gasteiger partial charge in [0, 0.05) is 25.6 Å². The first-order valence-corrected chi connectivity index (χ1v) is 7.24. The third-order valence-corrected chi connectivity index (χ3v) is 4.00. The molecule has 3 N–H and O–H groups in total. The molecule has 2 amide bonds. The highest BCUT2D eigenvalue weighted by Crippen LogP contribution is 2.29. The Balaban J connectivity index is 2.63. The first-order chi connectivity index (χ1) is 8.99. The van der Waals surface area contributed by atoms with Gasteiger partial charge in [-0.05, 0) is 31.6 Å². The Bertz CT molecular complexity index is 320. The molecule has 0 heterocycles. The quantitative estimate of drug-likeness (QED) is 0.773. The molecular weight excluding hydrogens is 242 g/mol. The van der Waals surface area contributed by atoms with Crippen molar-refractivity contribution in [3.05, 3.63) is 0 Å². The molecule has 0 spiro atoms. The highest BCUT2D eigenvalue weighted by Gasteiger charge is 2.32. The van der Waals surface area contributed by atoms with E-state index in [4.69, 9.17) is 5.73 Å². The number of nitrogens with two attached hydrogens (primary N) is 1. The Labute approximate surface area is 115 Å². The Hall–Kier alpha value is -1.10. The van der Waals surface area contributed by atoms with E-state index in [-0.39, 0.29) is 30.3 Å². The number of hydrogen-bond acceptors (Lipinski definition) is 3. The zero-order chi connectivity index (χ0) is 14.4. The van der Waals surface area contributed by atoms with Gasteiger partial charge in [-0.15, -0.1) is 0 Å². The summed E-state index contributed by atoms with van der Waals surface area (Å²) in [5, 5.41) is 2.57. The third kappa shape index (κ3) is 4.49. The van der Waals surface area contributed by atoms with Crippen LogP contribution < -0.4 is 11.1 Å². The van der Waals surface area contributed by atoms with Crippen molar-refractivity contribution in [1.29, 1.82) is 0 Å². The van der Waals surface area contributed by atoms with Gasteiger partial charge in [-0.25, -0.2) is 0 Å². The van der Waals surface area contributed by atoms with E-state index in [0.717, 1.165) is 25.7 Å². The molecule has 0 aromatic carbocycles. The molecule has 0 saturated heterocycles. The lowest BCUT2D eigenvalue weighted by Crippen LogP contribution is -2.46. The van der Waals surface area contributed by atoms with Gasteiger partial charge in [0.25, 0.3) is 0 Å². The summed E-state index contributed by atoms with van der Waals surface area (Å²) in [7, 11) is 1.60. The third-order valence-electron chi connectivity index (χ3n) is 4.00. The van der Waals surface area contributed by atoms with Gasteiger partial charge >= 0.3 is 0 Å². The van der Waals surface area contributed by atoms with Crippen molar-refractivity contribution >= 4 is 11.8 Å². The van der Waals surface area contributed by atoms with Crippen LogP contribution in [0.3, 0.4) is 0 Å². The standard InChI is InChI=1S/C14H27N3O2/c1-4-7-17(9-13(18)16-3)14(19)11-5-6-12(15)10(2)8-11/h10-12H,4-9,15H2,1-3H3,(H,16,18). The van der Waals surface area contributed by atoms with Gasteiger partial charge in [0.05, 0.1) is 6.54 Å². The second-order valence-corrected chi connectivity index (χ2v) is 5.58. The van der Waals surface area contributed by atoms with Crippen LogP contribution in [0.2, 0.25) is 0 Å². The van der Waals surface area contributed by atoms with Crippen LogP contribution in [0.25, 0.3) is 0 Å². The molecule has 5 nitrogen and oxygen atoms in total. The van der Waals surface area contributed by atoms with Crippen molar-refractivity contribution in [3.8, 4) is 0 Å². The molecule has 19 heavy (non-hydrogen) atoms. The monoisotopic (exact) mass is 269 g/mol. The lowest BCUT2D eigenvalue weighted by Gasteiger charge is -2.34. The molecular formula is C14H27N3O2. The number of hydrogen-bond donors (Lipinski definition) is 2. The lowest BCUT2D eigenvalue weighted by atomic mass is 9.78. The molecule has 0 aliphatic heterocycles. The minimum absolute atomic E-state index is 0.0333. The van der Waals surface area contributed by atoms with Crippen molar-refractivity contribution in [1.82, 2.24) is 10.2 Å². The zero-order valence-corrected chi connectivity index (χ0v) is 12.3. The SMILES string of the molecule is CCCN(CC(=O)NC)C(=O)C1CCC(N)C(C)C1. The molecule has 110 valence electrons. The van der Waals surface area contributed by atoms with Gasteiger partial charge in [0.1, 0.15) is 0 Å². The van der Waals surface area contributed by atoms with E-state index in [9.17, 15) is 9.59 Å². The van der Waals surface area contributed by atoms with Gasteiger partial charge in [0.15, 0.2) is 0 Å². The minimum atomic E-state index is -0.109. The summed E-state index contributed by atoms with van der Waals surface area (Å²) in [6.45, 7) is 4.93. The summed E-state index contributed by atoms with van der Waals surface area (Å²) in [5.74, 6) is 0.420. The topological polar surface area (TPSA) is 75.4 Å². The summed E-state index contributed by atoms with van der Waals surface area (Å²) < 4.78 is 0. The Kier molecular flexibility index (Phi) is 6.28. The van der Waals surface area contributed by atoms with E-state index in [0.29, 0.717) is 12.5 Å². The predicted octanol–water partition coefficient (Wildman–Crippen LogP) is 0.735. The molecule has 1 fully saturated rings. The van der Waals surface area contributed by atoms with Crippen LogP contribution in [0.15, 0.2) is 0 Å². The van der Waals surface area contributed by atoms with Crippen LogP contribution in [0.4, 0.5) is 0 Å². The highest BCUT2D eigenvalue weighted by molar-refractivity contribution is 5.85. The maximum Gasteiger partial charge on any atom is 0.239 e. The highest BCUT2D eigenvalue weighted by atomic mass is 16.2. The average Bonchev–Trinajstić information content (AvgIpc) is 2.40. The smallest absolute Gasteiger partial charge is 0.239 e. The molecule has 0 aromatic heterocycles. The van der Waals surface area contributed by atoms with Gasteiger partial charge in [-0.2, -0.15) is 0 Å². The fourth-order valence-corrected chi connectivity index (χ4v) is 2.69. The zero-order valence-electron chi connectivity index (χ0n) is 12.3. The molecule has 0 bridgehead atoms. The van der Waals surface area contributed by atoms with E-state index < -0.39 is 0 Å². The van der Waals surface area contributed by atoms with Crippen molar-refractivity contribution in [2.45, 2.75) is 45.6 Å². The van der Waals surface area contributed by atoms with Crippen LogP contribution >= 0.6 is 0 Å². The normalized spacial score (nSPS) is 26.8. The summed E-state index contributed by atoms with van der Waals surface area (Å²) in [4.78, 5) is 25.7. The van der Waals surface area contributed by atoms with E-state index >= 15 is 0 Å². The van der Waals surface area contributed by atoms with Crippen LogP contribution in [-0.2, 0) is 9.59 Å². The molecule has 1 rings (SSSR count). The van der Waals surface area contributed by atoms with Crippen molar-refractivity contribution in [3.63, 3.8) is 0 Å². The number of carbonyl (C=O) groups is 2. The lowest BCUT2D eigenvalue weighted by molar-refractivity contribution is -0.140. The van der Waals surface area contributed by atoms with Crippen molar-refractivity contribution in [2.75, 3.05) is 20.1 Å². The number of likely N-dealkylation sites (N-methyl/N-ethyl adjacent to an activating group) is 1. The maximum absolute atomic E-state index is 12.5. The number of amides is 2. The first-order valence-electron chi connectivity index (χ1n) is 7.24. The largest absolute Gasteiger partial charge is 0.358 e. The Morgan fingerprint density at radius 2 is 2.05 bits per heavy atom. The van der Waals surface area contributed by atoms with Gasteiger partial charge in [-0.3, -0.25) is 9.59 Å². The number of nitrogens with zero attached hydrogens (tertiary/aromatic N) is 1. The second kappa shape index (κ2) is 7.48. The summed E-state index contributed by atoms with van der Waals surface area (Å²) in [6.07, 6.45) is 3.45. The molecule has 3 atom stereocenters. The molecule has 5 heteroatoms. The van der Waals surface area contributed by atoms with E-state index in [1.807, 2.05) is 6.92 Å². The average molecular weight is 269 g/mol. The van der Waals surface area contributed by atoms with Gasteiger partial charge in [-0.1, -0.05) is 13.8 Å². The van der Waals surface area contributed by atoms with E-state index in [1.165, 1.54) is 0 Å². The molecule has 1 aliphatic carbocycles. The van der Waals surface area contributed by atoms with Gasteiger partial charge in [0.2, 0.25) is 11.8 Å².